The lowest BCUT2D eigenvalue weighted by molar-refractivity contribution is -0.115. The highest BCUT2D eigenvalue weighted by molar-refractivity contribution is 5.92. The van der Waals surface area contributed by atoms with E-state index in [9.17, 15) is 9.18 Å². The predicted molar refractivity (Wildman–Crippen MR) is 74.6 cm³/mol. The Hall–Kier alpha value is -2.67. The fraction of sp³-hybridized carbons (Fsp3) is 0.125. The Labute approximate surface area is 116 Å². The van der Waals surface area contributed by atoms with Gasteiger partial charge in [0.15, 0.2) is 0 Å². The van der Waals surface area contributed by atoms with Crippen molar-refractivity contribution in [3.63, 3.8) is 0 Å². The Morgan fingerprint density at radius 3 is 2.55 bits per heavy atom. The van der Waals surface area contributed by atoms with E-state index in [2.05, 4.69) is 5.32 Å². The first-order chi connectivity index (χ1) is 9.56. The minimum absolute atomic E-state index is 0.182. The summed E-state index contributed by atoms with van der Waals surface area (Å²) in [7, 11) is 0. The first-order valence-corrected chi connectivity index (χ1v) is 6.13. The lowest BCUT2D eigenvalue weighted by atomic mass is 10.1. The monoisotopic (exact) mass is 268 g/mol. The van der Waals surface area contributed by atoms with Crippen molar-refractivity contribution in [2.75, 3.05) is 5.32 Å². The summed E-state index contributed by atoms with van der Waals surface area (Å²) in [5.74, 6) is -0.599. The van der Waals surface area contributed by atoms with Crippen molar-refractivity contribution in [3.8, 4) is 6.07 Å². The van der Waals surface area contributed by atoms with Gasteiger partial charge in [-0.05, 0) is 48.4 Å². The van der Waals surface area contributed by atoms with E-state index >= 15 is 0 Å². The standard InChI is InChI=1S/C16H13FN2O/c1-11-6-14(17)9-15(7-11)19-16(20)8-12-2-4-13(10-18)5-3-12/h2-7,9H,8H2,1H3,(H,19,20). The van der Waals surface area contributed by atoms with Crippen LogP contribution >= 0.6 is 0 Å². The molecule has 0 aliphatic heterocycles. The van der Waals surface area contributed by atoms with Crippen LogP contribution in [-0.2, 0) is 11.2 Å². The van der Waals surface area contributed by atoms with Crippen molar-refractivity contribution in [2.45, 2.75) is 13.3 Å². The third kappa shape index (κ3) is 3.66. The van der Waals surface area contributed by atoms with E-state index in [1.807, 2.05) is 6.07 Å². The minimum Gasteiger partial charge on any atom is -0.326 e. The zero-order valence-corrected chi connectivity index (χ0v) is 11.0. The molecule has 0 unspecified atom stereocenters. The van der Waals surface area contributed by atoms with Gasteiger partial charge in [-0.2, -0.15) is 5.26 Å². The second kappa shape index (κ2) is 5.98. The Bertz CT molecular complexity index is 652. The summed E-state index contributed by atoms with van der Waals surface area (Å²) in [5, 5.41) is 11.3. The number of rotatable bonds is 3. The molecule has 20 heavy (non-hydrogen) atoms. The molecule has 0 heterocycles. The van der Waals surface area contributed by atoms with Gasteiger partial charge in [0.25, 0.3) is 0 Å². The molecule has 0 atom stereocenters. The quantitative estimate of drug-likeness (QED) is 0.929. The lowest BCUT2D eigenvalue weighted by Crippen LogP contribution is -2.14. The lowest BCUT2D eigenvalue weighted by Gasteiger charge is -2.06. The van der Waals surface area contributed by atoms with E-state index in [0.717, 1.165) is 11.1 Å². The van der Waals surface area contributed by atoms with E-state index in [1.54, 1.807) is 37.3 Å². The van der Waals surface area contributed by atoms with Gasteiger partial charge in [0.1, 0.15) is 5.82 Å². The third-order valence-electron chi connectivity index (χ3n) is 2.77. The molecular weight excluding hydrogens is 255 g/mol. The van der Waals surface area contributed by atoms with Crippen LogP contribution in [0.3, 0.4) is 0 Å². The van der Waals surface area contributed by atoms with Gasteiger partial charge in [-0.25, -0.2) is 4.39 Å². The number of halogens is 1. The molecule has 0 fully saturated rings. The Kier molecular flexibility index (Phi) is 4.11. The number of carbonyl (C=O) groups is 1. The summed E-state index contributed by atoms with van der Waals surface area (Å²) in [6.45, 7) is 1.76. The van der Waals surface area contributed by atoms with Crippen LogP contribution in [0.4, 0.5) is 10.1 Å². The van der Waals surface area contributed by atoms with Crippen molar-refractivity contribution < 1.29 is 9.18 Å². The van der Waals surface area contributed by atoms with Gasteiger partial charge >= 0.3 is 0 Å². The average Bonchev–Trinajstić information content (AvgIpc) is 2.38. The van der Waals surface area contributed by atoms with E-state index in [4.69, 9.17) is 5.26 Å². The van der Waals surface area contributed by atoms with Crippen molar-refractivity contribution in [1.29, 1.82) is 5.26 Å². The van der Waals surface area contributed by atoms with Gasteiger partial charge in [0, 0.05) is 5.69 Å². The van der Waals surface area contributed by atoms with E-state index in [0.29, 0.717) is 11.3 Å². The number of amides is 1. The van der Waals surface area contributed by atoms with Crippen LogP contribution < -0.4 is 5.32 Å². The van der Waals surface area contributed by atoms with Gasteiger partial charge in [-0.1, -0.05) is 12.1 Å². The number of nitrogens with zero attached hydrogens (tertiary/aromatic N) is 1. The summed E-state index contributed by atoms with van der Waals surface area (Å²) in [6.07, 6.45) is 0.182. The molecular formula is C16H13FN2O. The van der Waals surface area contributed by atoms with Crippen LogP contribution in [0.2, 0.25) is 0 Å². The molecule has 100 valence electrons. The van der Waals surface area contributed by atoms with Crippen LogP contribution in [0.25, 0.3) is 0 Å². The maximum Gasteiger partial charge on any atom is 0.228 e. The topological polar surface area (TPSA) is 52.9 Å². The molecule has 0 saturated heterocycles. The predicted octanol–water partition coefficient (Wildman–Crippen LogP) is 3.19. The number of carbonyl (C=O) groups excluding carboxylic acids is 1. The third-order valence-corrected chi connectivity index (χ3v) is 2.77. The number of hydrogen-bond donors (Lipinski definition) is 1. The summed E-state index contributed by atoms with van der Waals surface area (Å²) >= 11 is 0. The van der Waals surface area contributed by atoms with Crippen LogP contribution in [-0.4, -0.2) is 5.91 Å². The van der Waals surface area contributed by atoms with Crippen LogP contribution in [0.15, 0.2) is 42.5 Å². The number of nitriles is 1. The van der Waals surface area contributed by atoms with Crippen molar-refractivity contribution in [1.82, 2.24) is 0 Å². The number of benzene rings is 2. The normalized spacial score (nSPS) is 9.85. The molecule has 0 aromatic heterocycles. The van der Waals surface area contributed by atoms with Crippen LogP contribution in [0.5, 0.6) is 0 Å². The number of hydrogen-bond acceptors (Lipinski definition) is 2. The molecule has 2 aromatic rings. The molecule has 0 radical (unpaired) electrons. The molecule has 0 bridgehead atoms. The zero-order chi connectivity index (χ0) is 14.5. The Morgan fingerprint density at radius 1 is 1.25 bits per heavy atom. The fourth-order valence-corrected chi connectivity index (χ4v) is 1.90. The summed E-state index contributed by atoms with van der Waals surface area (Å²) < 4.78 is 13.2. The maximum atomic E-state index is 13.2. The summed E-state index contributed by atoms with van der Waals surface area (Å²) in [4.78, 5) is 11.9. The van der Waals surface area contributed by atoms with E-state index in [1.165, 1.54) is 12.1 Å². The van der Waals surface area contributed by atoms with Crippen molar-refractivity contribution in [2.24, 2.45) is 0 Å². The van der Waals surface area contributed by atoms with Gasteiger partial charge < -0.3 is 5.32 Å². The van der Waals surface area contributed by atoms with Gasteiger partial charge in [-0.3, -0.25) is 4.79 Å². The zero-order valence-electron chi connectivity index (χ0n) is 11.0. The number of aryl methyl sites for hydroxylation is 1. The van der Waals surface area contributed by atoms with Crippen LogP contribution in [0.1, 0.15) is 16.7 Å². The molecule has 0 aliphatic carbocycles. The van der Waals surface area contributed by atoms with E-state index < -0.39 is 0 Å². The molecule has 4 heteroatoms. The van der Waals surface area contributed by atoms with Gasteiger partial charge in [0.2, 0.25) is 5.91 Å². The average molecular weight is 268 g/mol. The second-order valence-electron chi connectivity index (χ2n) is 4.55. The molecule has 1 amide bonds. The molecule has 1 N–H and O–H groups in total. The highest BCUT2D eigenvalue weighted by Crippen LogP contribution is 2.14. The molecule has 3 nitrogen and oxygen atoms in total. The fourth-order valence-electron chi connectivity index (χ4n) is 1.90. The van der Waals surface area contributed by atoms with Gasteiger partial charge in [-0.15, -0.1) is 0 Å². The molecule has 0 spiro atoms. The van der Waals surface area contributed by atoms with Crippen molar-refractivity contribution >= 4 is 11.6 Å². The maximum absolute atomic E-state index is 13.2. The largest absolute Gasteiger partial charge is 0.326 e. The first-order valence-electron chi connectivity index (χ1n) is 6.13. The number of nitrogens with one attached hydrogen (secondary N) is 1. The molecule has 2 rings (SSSR count). The van der Waals surface area contributed by atoms with E-state index in [-0.39, 0.29) is 18.1 Å². The van der Waals surface area contributed by atoms with Gasteiger partial charge in [0.05, 0.1) is 18.1 Å². The molecule has 0 saturated carbocycles. The highest BCUT2D eigenvalue weighted by atomic mass is 19.1. The second-order valence-corrected chi connectivity index (χ2v) is 4.55. The summed E-state index contributed by atoms with van der Waals surface area (Å²) in [6, 6.07) is 13.2. The number of anilines is 1. The Morgan fingerprint density at radius 2 is 1.95 bits per heavy atom. The van der Waals surface area contributed by atoms with Crippen molar-refractivity contribution in [3.05, 3.63) is 65.0 Å². The minimum atomic E-state index is -0.376. The first kappa shape index (κ1) is 13.8. The molecule has 2 aromatic carbocycles. The smallest absolute Gasteiger partial charge is 0.228 e. The summed E-state index contributed by atoms with van der Waals surface area (Å²) in [5.41, 5.74) is 2.55. The SMILES string of the molecule is Cc1cc(F)cc(NC(=O)Cc2ccc(C#N)cc2)c1. The Balaban J connectivity index is 2.03. The highest BCUT2D eigenvalue weighted by Gasteiger charge is 2.06. The van der Waals surface area contributed by atoms with Crippen LogP contribution in [0, 0.1) is 24.1 Å². The molecule has 0 aliphatic rings.